The van der Waals surface area contributed by atoms with Crippen molar-refractivity contribution in [3.63, 3.8) is 0 Å². The second-order valence-corrected chi connectivity index (χ2v) is 4.54. The van der Waals surface area contributed by atoms with Crippen LogP contribution in [0.2, 0.25) is 0 Å². The van der Waals surface area contributed by atoms with Gasteiger partial charge < -0.3 is 5.11 Å². The second-order valence-electron chi connectivity index (χ2n) is 4.54. The van der Waals surface area contributed by atoms with Gasteiger partial charge in [0, 0.05) is 12.4 Å². The third-order valence-corrected chi connectivity index (χ3v) is 3.04. The van der Waals surface area contributed by atoms with Gasteiger partial charge in [-0.15, -0.1) is 0 Å². The maximum Gasteiger partial charge on any atom is 0.323 e. The monoisotopic (exact) mass is 274 g/mol. The number of carboxylic acid groups (broad SMARTS) is 1. The first kappa shape index (κ1) is 13.8. The van der Waals surface area contributed by atoms with E-state index in [4.69, 9.17) is 5.11 Å². The molecule has 0 spiro atoms. The van der Waals surface area contributed by atoms with Gasteiger partial charge in [0.1, 0.15) is 6.54 Å². The number of aliphatic carboxylic acids is 1. The second kappa shape index (κ2) is 5.16. The van der Waals surface area contributed by atoms with Gasteiger partial charge in [-0.3, -0.25) is 23.5 Å². The summed E-state index contributed by atoms with van der Waals surface area (Å²) in [6.45, 7) is 3.16. The summed E-state index contributed by atoms with van der Waals surface area (Å²) in [6.07, 6.45) is 2.73. The summed E-state index contributed by atoms with van der Waals surface area (Å²) < 4.78 is 2.14. The predicted molar refractivity (Wildman–Crippen MR) is 73.4 cm³/mol. The Morgan fingerprint density at radius 3 is 2.25 bits per heavy atom. The number of aryl methyl sites for hydroxylation is 2. The van der Waals surface area contributed by atoms with Gasteiger partial charge in [0.2, 0.25) is 0 Å². The van der Waals surface area contributed by atoms with Crippen molar-refractivity contribution in [1.82, 2.24) is 9.13 Å². The highest BCUT2D eigenvalue weighted by molar-refractivity contribution is 5.66. The number of hydrogen-bond donors (Lipinski definition) is 1. The molecule has 0 saturated heterocycles. The molecular formula is C14H14N2O4. The molecule has 6 heteroatoms. The fourth-order valence-corrected chi connectivity index (χ4v) is 2.14. The number of carbonyl (C=O) groups is 1. The molecular weight excluding hydrogens is 260 g/mol. The predicted octanol–water partition coefficient (Wildman–Crippen LogP) is 0.701. The maximum atomic E-state index is 12.1. The Morgan fingerprint density at radius 2 is 1.70 bits per heavy atom. The number of hydrogen-bond acceptors (Lipinski definition) is 3. The Morgan fingerprint density at radius 1 is 1.10 bits per heavy atom. The highest BCUT2D eigenvalue weighted by atomic mass is 16.4. The van der Waals surface area contributed by atoms with E-state index in [9.17, 15) is 14.4 Å². The molecule has 0 unspecified atom stereocenters. The Labute approximate surface area is 114 Å². The highest BCUT2D eigenvalue weighted by Gasteiger charge is 2.11. The van der Waals surface area contributed by atoms with Gasteiger partial charge in [-0.2, -0.15) is 0 Å². The first-order chi connectivity index (χ1) is 9.41. The molecule has 0 atom stereocenters. The van der Waals surface area contributed by atoms with Gasteiger partial charge in [0.15, 0.2) is 0 Å². The van der Waals surface area contributed by atoms with Crippen molar-refractivity contribution in [2.24, 2.45) is 0 Å². The van der Waals surface area contributed by atoms with Crippen molar-refractivity contribution in [3.05, 3.63) is 62.4 Å². The van der Waals surface area contributed by atoms with E-state index in [2.05, 4.69) is 0 Å². The lowest BCUT2D eigenvalue weighted by atomic mass is 10.1. The van der Waals surface area contributed by atoms with Crippen molar-refractivity contribution in [2.75, 3.05) is 0 Å². The van der Waals surface area contributed by atoms with E-state index < -0.39 is 23.6 Å². The zero-order valence-electron chi connectivity index (χ0n) is 11.2. The number of para-hydroxylation sites is 1. The molecule has 1 N–H and O–H groups in total. The molecule has 0 amide bonds. The maximum absolute atomic E-state index is 12.1. The minimum atomic E-state index is -1.17. The summed E-state index contributed by atoms with van der Waals surface area (Å²) >= 11 is 0. The lowest BCUT2D eigenvalue weighted by Gasteiger charge is -2.12. The molecule has 0 saturated carbocycles. The van der Waals surface area contributed by atoms with Crippen LogP contribution in [0.25, 0.3) is 5.69 Å². The van der Waals surface area contributed by atoms with E-state index >= 15 is 0 Å². The van der Waals surface area contributed by atoms with Gasteiger partial charge in [-0.05, 0) is 25.0 Å². The van der Waals surface area contributed by atoms with E-state index in [0.29, 0.717) is 5.69 Å². The first-order valence-electron chi connectivity index (χ1n) is 6.02. The van der Waals surface area contributed by atoms with Crippen LogP contribution in [0.4, 0.5) is 0 Å². The van der Waals surface area contributed by atoms with E-state index in [1.165, 1.54) is 17.0 Å². The van der Waals surface area contributed by atoms with Crippen LogP contribution >= 0.6 is 0 Å². The van der Waals surface area contributed by atoms with Crippen molar-refractivity contribution in [1.29, 1.82) is 0 Å². The standard InChI is InChI=1S/C14H14N2O4/c1-9-4-3-5-10(2)12(9)16-7-6-15(8-11(17)18)13(19)14(16)20/h3-7H,8H2,1-2H3,(H,17,18). The normalized spacial score (nSPS) is 10.5. The summed E-state index contributed by atoms with van der Waals surface area (Å²) in [6, 6.07) is 5.56. The molecule has 0 fully saturated rings. The average molecular weight is 274 g/mol. The first-order valence-corrected chi connectivity index (χ1v) is 6.02. The van der Waals surface area contributed by atoms with Gasteiger partial charge in [-0.1, -0.05) is 18.2 Å². The van der Waals surface area contributed by atoms with Gasteiger partial charge in [-0.25, -0.2) is 0 Å². The van der Waals surface area contributed by atoms with Gasteiger partial charge in [0.05, 0.1) is 5.69 Å². The minimum absolute atomic E-state index is 0.526. The van der Waals surface area contributed by atoms with Crippen LogP contribution in [-0.2, 0) is 11.3 Å². The molecule has 20 heavy (non-hydrogen) atoms. The number of aromatic nitrogens is 2. The zero-order valence-corrected chi connectivity index (χ0v) is 11.2. The highest BCUT2D eigenvalue weighted by Crippen LogP contribution is 2.16. The van der Waals surface area contributed by atoms with Crippen LogP contribution in [0, 0.1) is 13.8 Å². The summed E-state index contributed by atoms with van der Waals surface area (Å²) in [5, 5.41) is 8.69. The van der Waals surface area contributed by atoms with E-state index in [1.807, 2.05) is 32.0 Å². The smallest absolute Gasteiger partial charge is 0.323 e. The van der Waals surface area contributed by atoms with Crippen LogP contribution in [0.15, 0.2) is 40.2 Å². The minimum Gasteiger partial charge on any atom is -0.480 e. The van der Waals surface area contributed by atoms with Crippen molar-refractivity contribution >= 4 is 5.97 Å². The van der Waals surface area contributed by atoms with Crippen LogP contribution < -0.4 is 11.1 Å². The van der Waals surface area contributed by atoms with Crippen molar-refractivity contribution in [3.8, 4) is 5.69 Å². The van der Waals surface area contributed by atoms with Gasteiger partial charge in [0.25, 0.3) is 0 Å². The third-order valence-electron chi connectivity index (χ3n) is 3.04. The summed E-state index contributed by atoms with van der Waals surface area (Å²) in [5.74, 6) is -1.17. The topological polar surface area (TPSA) is 81.3 Å². The number of benzene rings is 1. The Kier molecular flexibility index (Phi) is 3.56. The molecule has 0 radical (unpaired) electrons. The van der Waals surface area contributed by atoms with Gasteiger partial charge >= 0.3 is 17.1 Å². The Hall–Kier alpha value is -2.63. The number of rotatable bonds is 3. The molecule has 104 valence electrons. The summed E-state index contributed by atoms with van der Waals surface area (Å²) in [4.78, 5) is 34.6. The fourth-order valence-electron chi connectivity index (χ4n) is 2.14. The Bertz CT molecular complexity index is 766. The van der Waals surface area contributed by atoms with Crippen LogP contribution in [0.1, 0.15) is 11.1 Å². The largest absolute Gasteiger partial charge is 0.480 e. The summed E-state index contributed by atoms with van der Waals surface area (Å²) in [7, 11) is 0. The van der Waals surface area contributed by atoms with E-state index in [1.54, 1.807) is 0 Å². The van der Waals surface area contributed by atoms with Crippen LogP contribution in [0.3, 0.4) is 0 Å². The molecule has 2 aromatic rings. The van der Waals surface area contributed by atoms with Crippen molar-refractivity contribution in [2.45, 2.75) is 20.4 Å². The number of nitrogens with zero attached hydrogens (tertiary/aromatic N) is 2. The van der Waals surface area contributed by atoms with E-state index in [-0.39, 0.29) is 0 Å². The molecule has 0 aliphatic rings. The molecule has 2 rings (SSSR count). The Balaban J connectivity index is 2.67. The summed E-state index contributed by atoms with van der Waals surface area (Å²) in [5.41, 5.74) is 0.769. The average Bonchev–Trinajstić information content (AvgIpc) is 2.37. The van der Waals surface area contributed by atoms with Crippen LogP contribution in [0.5, 0.6) is 0 Å². The molecule has 1 heterocycles. The fraction of sp³-hybridized carbons (Fsp3) is 0.214. The zero-order chi connectivity index (χ0) is 14.9. The molecule has 1 aromatic heterocycles. The lowest BCUT2D eigenvalue weighted by Crippen LogP contribution is -2.41. The SMILES string of the molecule is Cc1cccc(C)c1-n1ccn(CC(=O)O)c(=O)c1=O. The quantitative estimate of drug-likeness (QED) is 0.835. The molecule has 1 aromatic carbocycles. The van der Waals surface area contributed by atoms with Crippen LogP contribution in [-0.4, -0.2) is 20.2 Å². The molecule has 0 aliphatic heterocycles. The molecule has 6 nitrogen and oxygen atoms in total. The number of carboxylic acids is 1. The molecule has 0 aliphatic carbocycles. The molecule has 0 bridgehead atoms. The van der Waals surface area contributed by atoms with Crippen molar-refractivity contribution < 1.29 is 9.90 Å². The lowest BCUT2D eigenvalue weighted by molar-refractivity contribution is -0.137. The third kappa shape index (κ3) is 2.40. The van der Waals surface area contributed by atoms with E-state index in [0.717, 1.165) is 15.7 Å².